The van der Waals surface area contributed by atoms with Crippen LogP contribution in [0.3, 0.4) is 0 Å². The van der Waals surface area contributed by atoms with Gasteiger partial charge in [0, 0.05) is 24.7 Å². The van der Waals surface area contributed by atoms with Gasteiger partial charge in [-0.3, -0.25) is 4.79 Å². The lowest BCUT2D eigenvalue weighted by atomic mass is 10.1. The molecule has 0 spiro atoms. The quantitative estimate of drug-likeness (QED) is 0.733. The molecule has 4 nitrogen and oxygen atoms in total. The zero-order chi connectivity index (χ0) is 16.1. The number of rotatable bonds is 6. The molecular weight excluding hydrogens is 326 g/mol. The number of para-hydroxylation sites is 1. The predicted octanol–water partition coefficient (Wildman–Crippen LogP) is 4.09. The highest BCUT2D eigenvalue weighted by molar-refractivity contribution is 7.12. The van der Waals surface area contributed by atoms with Gasteiger partial charge in [0.15, 0.2) is 0 Å². The van der Waals surface area contributed by atoms with Crippen molar-refractivity contribution in [3.63, 3.8) is 0 Å². The number of aromatic nitrogens is 1. The Morgan fingerprint density at radius 3 is 2.87 bits per heavy atom. The van der Waals surface area contributed by atoms with Crippen LogP contribution in [0.25, 0.3) is 0 Å². The number of benzene rings is 1. The van der Waals surface area contributed by atoms with Gasteiger partial charge < -0.3 is 10.2 Å². The van der Waals surface area contributed by atoms with Crippen molar-refractivity contribution in [3.05, 3.63) is 68.8 Å². The van der Waals surface area contributed by atoms with Crippen LogP contribution in [-0.4, -0.2) is 22.8 Å². The van der Waals surface area contributed by atoms with E-state index in [1.165, 1.54) is 11.3 Å². The highest BCUT2D eigenvalue weighted by atomic mass is 32.1. The van der Waals surface area contributed by atoms with Crippen LogP contribution in [0.5, 0.6) is 0 Å². The maximum Gasteiger partial charge on any atom is 0.263 e. The minimum Gasteiger partial charge on any atom is -0.379 e. The van der Waals surface area contributed by atoms with Crippen molar-refractivity contribution in [2.75, 3.05) is 12.4 Å². The number of thiazole rings is 1. The molecule has 3 rings (SSSR count). The van der Waals surface area contributed by atoms with Gasteiger partial charge in [0.05, 0.1) is 22.6 Å². The molecule has 1 aromatic carbocycles. The SMILES string of the molecule is CN(Cc1ccccc1NCc1cscn1)C(=O)c1cccs1. The molecule has 118 valence electrons. The predicted molar refractivity (Wildman–Crippen MR) is 96.0 cm³/mol. The summed E-state index contributed by atoms with van der Waals surface area (Å²) in [4.78, 5) is 19.2. The first-order valence-electron chi connectivity index (χ1n) is 7.22. The van der Waals surface area contributed by atoms with Gasteiger partial charge in [-0.2, -0.15) is 0 Å². The van der Waals surface area contributed by atoms with Crippen molar-refractivity contribution in [2.45, 2.75) is 13.1 Å². The standard InChI is InChI=1S/C17H17N3OS2/c1-20(17(21)16-7-4-8-23-16)10-13-5-2-3-6-15(13)18-9-14-11-22-12-19-14/h2-8,11-12,18H,9-10H2,1H3. The van der Waals surface area contributed by atoms with E-state index in [1.54, 1.807) is 16.2 Å². The van der Waals surface area contributed by atoms with E-state index in [0.717, 1.165) is 21.8 Å². The molecule has 0 atom stereocenters. The minimum absolute atomic E-state index is 0.0503. The molecule has 0 fully saturated rings. The van der Waals surface area contributed by atoms with Crippen molar-refractivity contribution in [3.8, 4) is 0 Å². The van der Waals surface area contributed by atoms with E-state index in [2.05, 4.69) is 10.3 Å². The Balaban J connectivity index is 1.68. The van der Waals surface area contributed by atoms with Crippen molar-refractivity contribution in [2.24, 2.45) is 0 Å². The number of carbonyl (C=O) groups is 1. The summed E-state index contributed by atoms with van der Waals surface area (Å²) in [5.41, 5.74) is 4.98. The van der Waals surface area contributed by atoms with E-state index in [9.17, 15) is 4.79 Å². The summed E-state index contributed by atoms with van der Waals surface area (Å²) >= 11 is 3.06. The second-order valence-electron chi connectivity index (χ2n) is 5.13. The third kappa shape index (κ3) is 3.97. The van der Waals surface area contributed by atoms with E-state index in [4.69, 9.17) is 0 Å². The normalized spacial score (nSPS) is 10.5. The topological polar surface area (TPSA) is 45.2 Å². The van der Waals surface area contributed by atoms with Crippen LogP contribution in [0, 0.1) is 0 Å². The van der Waals surface area contributed by atoms with Gasteiger partial charge >= 0.3 is 0 Å². The summed E-state index contributed by atoms with van der Waals surface area (Å²) in [7, 11) is 1.83. The second kappa shape index (κ2) is 7.39. The van der Waals surface area contributed by atoms with Gasteiger partial charge in [-0.1, -0.05) is 24.3 Å². The zero-order valence-electron chi connectivity index (χ0n) is 12.7. The summed E-state index contributed by atoms with van der Waals surface area (Å²) in [6.07, 6.45) is 0. The molecule has 2 heterocycles. The highest BCUT2D eigenvalue weighted by Gasteiger charge is 2.14. The van der Waals surface area contributed by atoms with Crippen molar-refractivity contribution < 1.29 is 4.79 Å². The van der Waals surface area contributed by atoms with Crippen LogP contribution in [0.1, 0.15) is 20.9 Å². The third-order valence-corrected chi connectivity index (χ3v) is 4.94. The Bertz CT molecular complexity index is 754. The summed E-state index contributed by atoms with van der Waals surface area (Å²) in [5, 5.41) is 7.35. The van der Waals surface area contributed by atoms with Crippen molar-refractivity contribution >= 4 is 34.3 Å². The van der Waals surface area contributed by atoms with Crippen molar-refractivity contribution in [1.29, 1.82) is 0 Å². The third-order valence-electron chi connectivity index (χ3n) is 3.45. The molecule has 6 heteroatoms. The van der Waals surface area contributed by atoms with E-state index >= 15 is 0 Å². The maximum atomic E-state index is 12.4. The zero-order valence-corrected chi connectivity index (χ0v) is 14.4. The number of thiophene rings is 1. The van der Waals surface area contributed by atoms with E-state index in [1.807, 2.05) is 59.7 Å². The molecule has 3 aromatic rings. The molecule has 2 aromatic heterocycles. The molecule has 1 N–H and O–H groups in total. The average molecular weight is 343 g/mol. The lowest BCUT2D eigenvalue weighted by Gasteiger charge is -2.19. The van der Waals surface area contributed by atoms with Crippen LogP contribution >= 0.6 is 22.7 Å². The maximum absolute atomic E-state index is 12.4. The molecule has 0 unspecified atom stereocenters. The molecule has 0 aliphatic carbocycles. The van der Waals surface area contributed by atoms with E-state index in [0.29, 0.717) is 13.1 Å². The molecule has 0 aliphatic heterocycles. The van der Waals surface area contributed by atoms with Gasteiger partial charge in [0.2, 0.25) is 0 Å². The first-order chi connectivity index (χ1) is 11.2. The number of amides is 1. The molecule has 0 saturated heterocycles. The highest BCUT2D eigenvalue weighted by Crippen LogP contribution is 2.20. The number of hydrogen-bond donors (Lipinski definition) is 1. The second-order valence-corrected chi connectivity index (χ2v) is 6.80. The summed E-state index contributed by atoms with van der Waals surface area (Å²) in [6.45, 7) is 1.25. The number of nitrogens with zero attached hydrogens (tertiary/aromatic N) is 2. The fourth-order valence-electron chi connectivity index (χ4n) is 2.26. The summed E-state index contributed by atoms with van der Waals surface area (Å²) < 4.78 is 0. The van der Waals surface area contributed by atoms with E-state index in [-0.39, 0.29) is 5.91 Å². The van der Waals surface area contributed by atoms with Gasteiger partial charge in [0.25, 0.3) is 5.91 Å². The summed E-state index contributed by atoms with van der Waals surface area (Å²) in [6, 6.07) is 11.8. The van der Waals surface area contributed by atoms with Crippen LogP contribution in [0.15, 0.2) is 52.7 Å². The molecule has 0 bridgehead atoms. The molecule has 0 aliphatic rings. The van der Waals surface area contributed by atoms with Crippen LogP contribution < -0.4 is 5.32 Å². The monoisotopic (exact) mass is 343 g/mol. The Labute approximate surface area is 143 Å². The average Bonchev–Trinajstić information content (AvgIpc) is 3.27. The van der Waals surface area contributed by atoms with Gasteiger partial charge in [-0.25, -0.2) is 4.98 Å². The number of anilines is 1. The molecule has 23 heavy (non-hydrogen) atoms. The van der Waals surface area contributed by atoms with E-state index < -0.39 is 0 Å². The molecule has 1 amide bonds. The first-order valence-corrected chi connectivity index (χ1v) is 9.04. The Morgan fingerprint density at radius 1 is 1.26 bits per heavy atom. The fourth-order valence-corrected chi connectivity index (χ4v) is 3.53. The fraction of sp³-hybridized carbons (Fsp3) is 0.176. The number of carbonyl (C=O) groups excluding carboxylic acids is 1. The van der Waals surface area contributed by atoms with Crippen molar-refractivity contribution in [1.82, 2.24) is 9.88 Å². The molecule has 0 radical (unpaired) electrons. The number of nitrogens with one attached hydrogen (secondary N) is 1. The largest absolute Gasteiger partial charge is 0.379 e. The van der Waals surface area contributed by atoms with Gasteiger partial charge in [-0.15, -0.1) is 22.7 Å². The lowest BCUT2D eigenvalue weighted by Crippen LogP contribution is -2.25. The first kappa shape index (κ1) is 15.7. The minimum atomic E-state index is 0.0503. The van der Waals surface area contributed by atoms with Crippen LogP contribution in [-0.2, 0) is 13.1 Å². The molecule has 0 saturated carbocycles. The van der Waals surface area contributed by atoms with Gasteiger partial charge in [0.1, 0.15) is 0 Å². The Morgan fingerprint density at radius 2 is 2.13 bits per heavy atom. The van der Waals surface area contributed by atoms with Crippen LogP contribution in [0.4, 0.5) is 5.69 Å². The lowest BCUT2D eigenvalue weighted by molar-refractivity contribution is 0.0790. The van der Waals surface area contributed by atoms with Gasteiger partial charge in [-0.05, 0) is 23.1 Å². The summed E-state index contributed by atoms with van der Waals surface area (Å²) in [5.74, 6) is 0.0503. The Hall–Kier alpha value is -2.18. The number of hydrogen-bond acceptors (Lipinski definition) is 5. The smallest absolute Gasteiger partial charge is 0.263 e. The Kier molecular flexibility index (Phi) is 5.05. The molecular formula is C17H17N3OS2. The van der Waals surface area contributed by atoms with Crippen LogP contribution in [0.2, 0.25) is 0 Å².